The molecule has 250 valence electrons. The highest BCUT2D eigenvalue weighted by atomic mass is 32.2. The van der Waals surface area contributed by atoms with Crippen LogP contribution in [0.4, 0.5) is 11.4 Å². The van der Waals surface area contributed by atoms with Gasteiger partial charge >= 0.3 is 0 Å². The van der Waals surface area contributed by atoms with E-state index in [2.05, 4.69) is 20.1 Å². The minimum absolute atomic E-state index is 0.146. The lowest BCUT2D eigenvalue weighted by Gasteiger charge is -2.39. The summed E-state index contributed by atoms with van der Waals surface area (Å²) in [6.07, 6.45) is 4.68. The second-order valence-electron chi connectivity index (χ2n) is 13.4. The van der Waals surface area contributed by atoms with Crippen LogP contribution >= 0.6 is 11.8 Å². The van der Waals surface area contributed by atoms with Crippen molar-refractivity contribution in [1.29, 1.82) is 0 Å². The van der Waals surface area contributed by atoms with Crippen LogP contribution in [0.25, 0.3) is 10.8 Å². The summed E-state index contributed by atoms with van der Waals surface area (Å²) in [5.74, 6) is -2.08. The first-order valence-corrected chi connectivity index (χ1v) is 17.7. The second-order valence-corrected chi connectivity index (χ2v) is 15.3. The van der Waals surface area contributed by atoms with Crippen molar-refractivity contribution in [1.82, 2.24) is 4.90 Å². The molecule has 4 aromatic rings. The van der Waals surface area contributed by atoms with Gasteiger partial charge in [-0.1, -0.05) is 91.0 Å². The van der Waals surface area contributed by atoms with Crippen molar-refractivity contribution < 1.29 is 19.5 Å². The topological polar surface area (TPSA) is 81.2 Å². The van der Waals surface area contributed by atoms with E-state index in [1.807, 2.05) is 103 Å². The summed E-state index contributed by atoms with van der Waals surface area (Å²) in [5.41, 5.74) is 2.17. The third kappa shape index (κ3) is 5.29. The van der Waals surface area contributed by atoms with Crippen molar-refractivity contribution >= 4 is 51.6 Å². The number of rotatable bonds is 11. The van der Waals surface area contributed by atoms with Crippen LogP contribution < -0.4 is 9.80 Å². The maximum Gasteiger partial charge on any atom is 0.251 e. The molecule has 3 aliphatic heterocycles. The number of fused-ring (bicyclic) bond motifs is 2. The van der Waals surface area contributed by atoms with Crippen LogP contribution in [0.2, 0.25) is 0 Å². The van der Waals surface area contributed by atoms with Crippen LogP contribution in [0.1, 0.15) is 31.4 Å². The van der Waals surface area contributed by atoms with Gasteiger partial charge in [-0.25, -0.2) is 0 Å². The first kappa shape index (κ1) is 32.9. The van der Waals surface area contributed by atoms with Crippen molar-refractivity contribution in [2.24, 2.45) is 11.8 Å². The number of para-hydroxylation sites is 1. The predicted octanol–water partition coefficient (Wildman–Crippen LogP) is 6.79. The molecule has 6 atom stereocenters. The van der Waals surface area contributed by atoms with Crippen molar-refractivity contribution in [2.75, 3.05) is 29.5 Å². The summed E-state index contributed by atoms with van der Waals surface area (Å²) >= 11 is 1.63. The summed E-state index contributed by atoms with van der Waals surface area (Å²) in [5, 5.41) is 13.0. The minimum atomic E-state index is -0.928. The highest BCUT2D eigenvalue weighted by Gasteiger charge is 2.78. The van der Waals surface area contributed by atoms with Crippen molar-refractivity contribution in [3.8, 4) is 0 Å². The summed E-state index contributed by atoms with van der Waals surface area (Å²) < 4.78 is -1.44. The summed E-state index contributed by atoms with van der Waals surface area (Å²) in [6, 6.07) is 31.1. The Hall–Kier alpha value is -4.66. The lowest BCUT2D eigenvalue weighted by molar-refractivity contribution is -0.142. The van der Waals surface area contributed by atoms with E-state index < -0.39 is 33.4 Å². The van der Waals surface area contributed by atoms with E-state index in [4.69, 9.17) is 0 Å². The van der Waals surface area contributed by atoms with E-state index >= 15 is 9.59 Å². The molecule has 2 unspecified atom stereocenters. The number of thioether (sulfide) groups is 1. The Morgan fingerprint density at radius 3 is 2.12 bits per heavy atom. The molecule has 3 heterocycles. The minimum Gasteiger partial charge on any atom is -0.394 e. The highest BCUT2D eigenvalue weighted by molar-refractivity contribution is 8.02. The van der Waals surface area contributed by atoms with Gasteiger partial charge in [-0.2, -0.15) is 0 Å². The monoisotopic (exact) mass is 671 g/mol. The molecule has 1 spiro atoms. The Labute approximate surface area is 291 Å². The fourth-order valence-corrected chi connectivity index (χ4v) is 10.9. The lowest BCUT2D eigenvalue weighted by atomic mass is 9.66. The third-order valence-electron chi connectivity index (χ3n) is 10.7. The van der Waals surface area contributed by atoms with Crippen LogP contribution in [0.15, 0.2) is 128 Å². The maximum absolute atomic E-state index is 15.3. The molecule has 0 radical (unpaired) electrons. The van der Waals surface area contributed by atoms with Crippen LogP contribution in [0.5, 0.6) is 0 Å². The Bertz CT molecular complexity index is 1920. The molecular formula is C41H41N3O4S. The van der Waals surface area contributed by atoms with E-state index in [1.165, 1.54) is 0 Å². The molecule has 3 saturated heterocycles. The number of amides is 3. The quantitative estimate of drug-likeness (QED) is 0.178. The Morgan fingerprint density at radius 2 is 1.47 bits per heavy atom. The molecule has 49 heavy (non-hydrogen) atoms. The molecule has 1 N–H and O–H groups in total. The van der Waals surface area contributed by atoms with Crippen LogP contribution in [0.3, 0.4) is 0 Å². The van der Waals surface area contributed by atoms with Crippen molar-refractivity contribution in [2.45, 2.75) is 41.3 Å². The molecule has 3 aliphatic rings. The summed E-state index contributed by atoms with van der Waals surface area (Å²) in [7, 11) is 0. The summed E-state index contributed by atoms with van der Waals surface area (Å²) in [6.45, 7) is 10.1. The SMILES string of the molecule is C=CCN(C(=O)C1N([C@H](CO)c2ccccc2)C(=O)[C@@H]2[C@@H](C(=O)N(CC=C)c3ccccc3)[C@@]3(C)CCC12S3)c1ccc2ccccc2c1. The highest BCUT2D eigenvalue weighted by Crippen LogP contribution is 2.72. The number of hydrogen-bond donors (Lipinski definition) is 1. The van der Waals surface area contributed by atoms with Gasteiger partial charge in [0.15, 0.2) is 0 Å². The number of aliphatic hydroxyl groups excluding tert-OH is 1. The number of hydrogen-bond acceptors (Lipinski definition) is 5. The summed E-state index contributed by atoms with van der Waals surface area (Å²) in [4.78, 5) is 50.3. The number of nitrogens with zero attached hydrogens (tertiary/aromatic N) is 3. The Morgan fingerprint density at radius 1 is 0.857 bits per heavy atom. The molecule has 7 rings (SSSR count). The largest absolute Gasteiger partial charge is 0.394 e. The zero-order chi connectivity index (χ0) is 34.3. The van der Waals surface area contributed by atoms with Gasteiger partial charge in [0, 0.05) is 29.2 Å². The van der Waals surface area contributed by atoms with Gasteiger partial charge in [-0.15, -0.1) is 24.9 Å². The van der Waals surface area contributed by atoms with E-state index in [9.17, 15) is 9.90 Å². The van der Waals surface area contributed by atoms with Crippen LogP contribution in [0, 0.1) is 11.8 Å². The van der Waals surface area contributed by atoms with E-state index in [1.54, 1.807) is 38.6 Å². The molecular weight excluding hydrogens is 631 g/mol. The van der Waals surface area contributed by atoms with E-state index in [0.717, 1.165) is 22.0 Å². The number of likely N-dealkylation sites (tertiary alicyclic amines) is 1. The fraction of sp³-hybridized carbons (Fsp3) is 0.293. The molecule has 3 amide bonds. The lowest BCUT2D eigenvalue weighted by Crippen LogP contribution is -2.56. The average Bonchev–Trinajstić information content (AvgIpc) is 3.70. The van der Waals surface area contributed by atoms with Gasteiger partial charge < -0.3 is 19.8 Å². The Kier molecular flexibility index (Phi) is 8.71. The second kappa shape index (κ2) is 13.0. The molecule has 0 aromatic heterocycles. The van der Waals surface area contributed by atoms with Crippen molar-refractivity contribution in [3.63, 3.8) is 0 Å². The van der Waals surface area contributed by atoms with Gasteiger partial charge in [0.05, 0.1) is 29.2 Å². The normalized spacial score (nSPS) is 26.0. The fourth-order valence-electron chi connectivity index (χ4n) is 8.56. The zero-order valence-electron chi connectivity index (χ0n) is 27.7. The standard InChI is InChI=1S/C41H41N3O4S/c1-4-24-42(31-18-10-7-11-19-31)37(46)34-35-38(47)44(33(27-45)29-15-8-6-9-16-29)36(41(35)23-22-40(34,3)49-41)39(48)43(25-5-2)32-21-20-28-14-12-13-17-30(28)26-32/h4-21,26,33-36,45H,1-2,22-25,27H2,3H3/t33-,34+,35+,36?,40-,41?/m1/s1. The third-order valence-corrected chi connectivity index (χ3v) is 12.7. The molecule has 0 saturated carbocycles. The molecule has 3 fully saturated rings. The number of carbonyl (C=O) groups excluding carboxylic acids is 3. The van der Waals surface area contributed by atoms with E-state index in [0.29, 0.717) is 25.1 Å². The van der Waals surface area contributed by atoms with Gasteiger partial charge in [0.25, 0.3) is 5.91 Å². The van der Waals surface area contributed by atoms with E-state index in [-0.39, 0.29) is 30.9 Å². The number of aliphatic hydroxyl groups is 1. The van der Waals surface area contributed by atoms with Gasteiger partial charge in [0.1, 0.15) is 6.04 Å². The first-order chi connectivity index (χ1) is 23.8. The maximum atomic E-state index is 15.3. The number of carbonyl (C=O) groups is 3. The zero-order valence-corrected chi connectivity index (χ0v) is 28.5. The van der Waals surface area contributed by atoms with Gasteiger partial charge in [-0.3, -0.25) is 14.4 Å². The predicted molar refractivity (Wildman–Crippen MR) is 197 cm³/mol. The van der Waals surface area contributed by atoms with Crippen molar-refractivity contribution in [3.05, 3.63) is 134 Å². The first-order valence-electron chi connectivity index (χ1n) is 16.8. The number of anilines is 2. The molecule has 8 heteroatoms. The number of benzene rings is 4. The van der Waals surface area contributed by atoms with Gasteiger partial charge in [-0.05, 0) is 60.4 Å². The average molecular weight is 672 g/mol. The molecule has 7 nitrogen and oxygen atoms in total. The smallest absolute Gasteiger partial charge is 0.251 e. The molecule has 4 aromatic carbocycles. The Balaban J connectivity index is 1.37. The molecule has 0 aliphatic carbocycles. The van der Waals surface area contributed by atoms with Gasteiger partial charge in [0.2, 0.25) is 11.8 Å². The van der Waals surface area contributed by atoms with Crippen LogP contribution in [-0.2, 0) is 14.4 Å². The van der Waals surface area contributed by atoms with Crippen LogP contribution in [-0.4, -0.2) is 63.0 Å². The molecule has 2 bridgehead atoms.